The minimum absolute atomic E-state index is 0.167. The summed E-state index contributed by atoms with van der Waals surface area (Å²) in [4.78, 5) is 3.45. The average molecular weight is 266 g/mol. The Bertz CT molecular complexity index is 379. The van der Waals surface area contributed by atoms with E-state index in [-0.39, 0.29) is 11.2 Å². The summed E-state index contributed by atoms with van der Waals surface area (Å²) < 4.78 is 40.2. The first kappa shape index (κ1) is 12.6. The molecule has 4 nitrogen and oxygen atoms in total. The summed E-state index contributed by atoms with van der Waals surface area (Å²) >= 11 is 0.759. The second-order valence-corrected chi connectivity index (χ2v) is 4.89. The molecule has 0 amide bonds. The lowest BCUT2D eigenvalue weighted by Gasteiger charge is -2.28. The fraction of sp³-hybridized carbons (Fsp3) is 0.778. The second-order valence-electron chi connectivity index (χ2n) is 4.14. The molecule has 8 heteroatoms. The number of hydrogen-bond donors (Lipinski definition) is 2. The Hall–Kier alpha value is -0.890. The Morgan fingerprint density at radius 2 is 2.24 bits per heavy atom. The van der Waals surface area contributed by atoms with Crippen LogP contribution < -0.4 is 10.6 Å². The van der Waals surface area contributed by atoms with Gasteiger partial charge in [-0.3, -0.25) is 0 Å². The summed E-state index contributed by atoms with van der Waals surface area (Å²) in [5, 5.41) is 6.53. The lowest BCUT2D eigenvalue weighted by molar-refractivity contribution is -0.144. The molecule has 1 aromatic heterocycles. The number of halogens is 3. The van der Waals surface area contributed by atoms with Gasteiger partial charge in [0.15, 0.2) is 0 Å². The van der Waals surface area contributed by atoms with Crippen LogP contribution in [0, 0.1) is 0 Å². The molecule has 0 bridgehead atoms. The van der Waals surface area contributed by atoms with E-state index in [2.05, 4.69) is 26.9 Å². The molecule has 1 aromatic rings. The SMILES string of the molecule is CC1CC(Nc2nc(C(F)(F)F)ns2)CCN1. The Kier molecular flexibility index (Phi) is 3.53. The molecule has 2 heterocycles. The van der Waals surface area contributed by atoms with Crippen LogP contribution in [0.1, 0.15) is 25.6 Å². The normalized spacial score (nSPS) is 25.9. The molecule has 2 N–H and O–H groups in total. The van der Waals surface area contributed by atoms with Crippen LogP contribution in [0.3, 0.4) is 0 Å². The Morgan fingerprint density at radius 1 is 1.47 bits per heavy atom. The number of hydrogen-bond acceptors (Lipinski definition) is 5. The van der Waals surface area contributed by atoms with Gasteiger partial charge < -0.3 is 10.6 Å². The van der Waals surface area contributed by atoms with Crippen molar-refractivity contribution in [3.8, 4) is 0 Å². The van der Waals surface area contributed by atoms with Crippen molar-refractivity contribution in [3.63, 3.8) is 0 Å². The Morgan fingerprint density at radius 3 is 2.82 bits per heavy atom. The zero-order chi connectivity index (χ0) is 12.5. The summed E-state index contributed by atoms with van der Waals surface area (Å²) in [6, 6.07) is 0.538. The third kappa shape index (κ3) is 3.29. The lowest BCUT2D eigenvalue weighted by Crippen LogP contribution is -2.41. The van der Waals surface area contributed by atoms with Gasteiger partial charge in [0.2, 0.25) is 11.0 Å². The molecule has 17 heavy (non-hydrogen) atoms. The van der Waals surface area contributed by atoms with Crippen molar-refractivity contribution in [1.82, 2.24) is 14.7 Å². The first-order valence-corrected chi connectivity index (χ1v) is 6.13. The van der Waals surface area contributed by atoms with Gasteiger partial charge in [0.05, 0.1) is 0 Å². The number of nitrogens with zero attached hydrogens (tertiary/aromatic N) is 2. The molecular weight excluding hydrogens is 253 g/mol. The fourth-order valence-corrected chi connectivity index (χ4v) is 2.50. The monoisotopic (exact) mass is 266 g/mol. The summed E-state index contributed by atoms with van der Waals surface area (Å²) in [6.07, 6.45) is -2.70. The molecule has 0 aliphatic carbocycles. The quantitative estimate of drug-likeness (QED) is 0.860. The van der Waals surface area contributed by atoms with Crippen LogP contribution in [0.2, 0.25) is 0 Å². The number of alkyl halides is 3. The molecule has 1 aliphatic rings. The fourth-order valence-electron chi connectivity index (χ4n) is 1.83. The highest BCUT2D eigenvalue weighted by atomic mass is 32.1. The van der Waals surface area contributed by atoms with Crippen molar-refractivity contribution in [2.45, 2.75) is 38.0 Å². The first-order valence-electron chi connectivity index (χ1n) is 5.36. The summed E-state index contributed by atoms with van der Waals surface area (Å²) in [6.45, 7) is 2.92. The third-order valence-corrected chi connectivity index (χ3v) is 3.28. The highest BCUT2D eigenvalue weighted by molar-refractivity contribution is 7.09. The number of rotatable bonds is 2. The van der Waals surface area contributed by atoms with Crippen LogP contribution in [0.25, 0.3) is 0 Å². The molecule has 0 spiro atoms. The summed E-state index contributed by atoms with van der Waals surface area (Å²) in [5.41, 5.74) is 0. The van der Waals surface area contributed by atoms with Crippen LogP contribution in [0.5, 0.6) is 0 Å². The van der Waals surface area contributed by atoms with Crippen molar-refractivity contribution < 1.29 is 13.2 Å². The zero-order valence-electron chi connectivity index (χ0n) is 9.21. The average Bonchev–Trinajstić information content (AvgIpc) is 2.65. The van der Waals surface area contributed by atoms with E-state index in [1.54, 1.807) is 0 Å². The predicted octanol–water partition coefficient (Wildman–Crippen LogP) is 2.11. The van der Waals surface area contributed by atoms with Crippen LogP contribution in [0.4, 0.5) is 18.3 Å². The molecule has 0 radical (unpaired) electrons. The van der Waals surface area contributed by atoms with Gasteiger partial charge in [-0.05, 0) is 26.3 Å². The highest BCUT2D eigenvalue weighted by Gasteiger charge is 2.36. The van der Waals surface area contributed by atoms with Crippen LogP contribution >= 0.6 is 11.5 Å². The maximum atomic E-state index is 12.3. The number of nitrogens with one attached hydrogen (secondary N) is 2. The maximum absolute atomic E-state index is 12.3. The summed E-state index contributed by atoms with van der Waals surface area (Å²) in [7, 11) is 0. The van der Waals surface area contributed by atoms with Crippen molar-refractivity contribution in [2.24, 2.45) is 0 Å². The van der Waals surface area contributed by atoms with Gasteiger partial charge in [-0.25, -0.2) is 0 Å². The van der Waals surface area contributed by atoms with E-state index in [0.717, 1.165) is 30.9 Å². The van der Waals surface area contributed by atoms with Crippen molar-refractivity contribution in [3.05, 3.63) is 5.82 Å². The molecular formula is C9H13F3N4S. The standard InChI is InChI=1S/C9H13F3N4S/c1-5-4-6(2-3-13-5)14-8-15-7(16-17-8)9(10,11)12/h5-6,13H,2-4H2,1H3,(H,14,15,16). The minimum Gasteiger partial charge on any atom is -0.357 e. The van der Waals surface area contributed by atoms with E-state index in [1.165, 1.54) is 0 Å². The summed E-state index contributed by atoms with van der Waals surface area (Å²) in [5.74, 6) is -1.06. The number of piperidine rings is 1. The van der Waals surface area contributed by atoms with E-state index >= 15 is 0 Å². The first-order chi connectivity index (χ1) is 7.95. The molecule has 96 valence electrons. The molecule has 2 unspecified atom stereocenters. The lowest BCUT2D eigenvalue weighted by atomic mass is 10.0. The van der Waals surface area contributed by atoms with E-state index in [9.17, 15) is 13.2 Å². The van der Waals surface area contributed by atoms with Crippen LogP contribution in [-0.2, 0) is 6.18 Å². The minimum atomic E-state index is -4.46. The van der Waals surface area contributed by atoms with Gasteiger partial charge in [0.25, 0.3) is 0 Å². The smallest absolute Gasteiger partial charge is 0.357 e. The van der Waals surface area contributed by atoms with Gasteiger partial charge in [-0.1, -0.05) is 0 Å². The van der Waals surface area contributed by atoms with Crippen LogP contribution in [-0.4, -0.2) is 28.0 Å². The second kappa shape index (κ2) is 4.77. The maximum Gasteiger partial charge on any atom is 0.452 e. The number of anilines is 1. The molecule has 0 saturated carbocycles. The molecule has 2 atom stereocenters. The molecule has 0 aromatic carbocycles. The number of aromatic nitrogens is 2. The van der Waals surface area contributed by atoms with Gasteiger partial charge >= 0.3 is 6.18 Å². The van der Waals surface area contributed by atoms with Crippen LogP contribution in [0.15, 0.2) is 0 Å². The van der Waals surface area contributed by atoms with Gasteiger partial charge in [-0.2, -0.15) is 22.5 Å². The third-order valence-electron chi connectivity index (χ3n) is 2.63. The van der Waals surface area contributed by atoms with E-state index in [4.69, 9.17) is 0 Å². The van der Waals surface area contributed by atoms with E-state index < -0.39 is 12.0 Å². The van der Waals surface area contributed by atoms with Gasteiger partial charge in [0, 0.05) is 23.6 Å². The molecule has 1 aliphatic heterocycles. The molecule has 1 saturated heterocycles. The Labute approximate surface area is 101 Å². The molecule has 2 rings (SSSR count). The predicted molar refractivity (Wildman–Crippen MR) is 59.0 cm³/mol. The highest BCUT2D eigenvalue weighted by Crippen LogP contribution is 2.29. The van der Waals surface area contributed by atoms with E-state index in [0.29, 0.717) is 6.04 Å². The van der Waals surface area contributed by atoms with E-state index in [1.807, 2.05) is 0 Å². The topological polar surface area (TPSA) is 49.8 Å². The van der Waals surface area contributed by atoms with Crippen molar-refractivity contribution in [2.75, 3.05) is 11.9 Å². The Balaban J connectivity index is 1.97. The van der Waals surface area contributed by atoms with Crippen molar-refractivity contribution >= 4 is 16.7 Å². The van der Waals surface area contributed by atoms with Crippen molar-refractivity contribution in [1.29, 1.82) is 0 Å². The van der Waals surface area contributed by atoms with Gasteiger partial charge in [0.1, 0.15) is 0 Å². The van der Waals surface area contributed by atoms with Gasteiger partial charge in [-0.15, -0.1) is 0 Å². The zero-order valence-corrected chi connectivity index (χ0v) is 10.0. The molecule has 1 fully saturated rings. The largest absolute Gasteiger partial charge is 0.452 e.